The van der Waals surface area contributed by atoms with Gasteiger partial charge in [-0.2, -0.15) is 0 Å². The van der Waals surface area contributed by atoms with Gasteiger partial charge in [0.25, 0.3) is 5.91 Å². The van der Waals surface area contributed by atoms with Crippen LogP contribution in [0.25, 0.3) is 0 Å². The van der Waals surface area contributed by atoms with Crippen LogP contribution in [-0.4, -0.2) is 43.1 Å². The van der Waals surface area contributed by atoms with Gasteiger partial charge in [-0.15, -0.1) is 0 Å². The lowest BCUT2D eigenvalue weighted by atomic mass is 10.2. The highest BCUT2D eigenvalue weighted by atomic mass is 35.5. The molecule has 0 bridgehead atoms. The van der Waals surface area contributed by atoms with Gasteiger partial charge in [0.1, 0.15) is 5.75 Å². The Morgan fingerprint density at radius 3 is 3.06 bits per heavy atom. The quantitative estimate of drug-likeness (QED) is 0.904. The van der Waals surface area contributed by atoms with E-state index in [1.807, 2.05) is 24.0 Å². The molecule has 1 saturated heterocycles. The van der Waals surface area contributed by atoms with Crippen molar-refractivity contribution in [3.8, 4) is 5.75 Å². The molecule has 5 heteroatoms. The van der Waals surface area contributed by atoms with Crippen molar-refractivity contribution in [3.63, 3.8) is 0 Å². The molecule has 1 aliphatic rings. The first-order valence-electron chi connectivity index (χ1n) is 6.06. The predicted octanol–water partition coefficient (Wildman–Crippen LogP) is 1.54. The Morgan fingerprint density at radius 2 is 2.33 bits per heavy atom. The fraction of sp³-hybridized carbons (Fsp3) is 0.462. The molecule has 1 heterocycles. The van der Waals surface area contributed by atoms with Crippen molar-refractivity contribution < 1.29 is 9.53 Å². The predicted molar refractivity (Wildman–Crippen MR) is 71.0 cm³/mol. The first-order chi connectivity index (χ1) is 8.68. The van der Waals surface area contributed by atoms with Crippen molar-refractivity contribution in [3.05, 3.63) is 29.3 Å². The van der Waals surface area contributed by atoms with Crippen LogP contribution in [-0.2, 0) is 4.79 Å². The smallest absolute Gasteiger partial charge is 0.260 e. The Labute approximate surface area is 112 Å². The molecule has 2 rings (SSSR count). The number of amides is 1. The van der Waals surface area contributed by atoms with E-state index in [9.17, 15) is 4.79 Å². The molecule has 1 atom stereocenters. The standard InChI is InChI=1S/C13H17ClN2O2/c1-10-8-15-6-7-16(10)13(17)9-18-12-5-3-2-4-11(12)14/h2-5,10,15H,6-9H2,1H3/t10-/m1/s1. The lowest BCUT2D eigenvalue weighted by Gasteiger charge is -2.33. The third-order valence-corrected chi connectivity index (χ3v) is 3.32. The van der Waals surface area contributed by atoms with Gasteiger partial charge in [-0.25, -0.2) is 0 Å². The minimum atomic E-state index is 0.00363. The van der Waals surface area contributed by atoms with E-state index in [4.69, 9.17) is 16.3 Å². The molecule has 0 saturated carbocycles. The number of hydrogen-bond acceptors (Lipinski definition) is 3. The summed E-state index contributed by atoms with van der Waals surface area (Å²) < 4.78 is 5.46. The molecule has 1 fully saturated rings. The summed E-state index contributed by atoms with van der Waals surface area (Å²) in [7, 11) is 0. The number of halogens is 1. The molecule has 4 nitrogen and oxygen atoms in total. The summed E-state index contributed by atoms with van der Waals surface area (Å²) in [5.74, 6) is 0.555. The number of para-hydroxylation sites is 1. The van der Waals surface area contributed by atoms with E-state index < -0.39 is 0 Å². The zero-order valence-electron chi connectivity index (χ0n) is 10.4. The largest absolute Gasteiger partial charge is 0.482 e. The van der Waals surface area contributed by atoms with E-state index in [1.54, 1.807) is 12.1 Å². The maximum Gasteiger partial charge on any atom is 0.260 e. The summed E-state index contributed by atoms with van der Waals surface area (Å²) in [5, 5.41) is 3.77. The Bertz CT molecular complexity index is 425. The number of carbonyl (C=O) groups excluding carboxylic acids is 1. The van der Waals surface area contributed by atoms with Crippen LogP contribution in [0.15, 0.2) is 24.3 Å². The third kappa shape index (κ3) is 3.15. The van der Waals surface area contributed by atoms with Crippen molar-refractivity contribution in [2.75, 3.05) is 26.2 Å². The first kappa shape index (κ1) is 13.2. The molecule has 0 aliphatic carbocycles. The normalized spacial score (nSPS) is 19.7. The van der Waals surface area contributed by atoms with E-state index in [2.05, 4.69) is 5.32 Å². The van der Waals surface area contributed by atoms with E-state index in [0.717, 1.165) is 19.6 Å². The summed E-state index contributed by atoms with van der Waals surface area (Å²) in [4.78, 5) is 13.9. The monoisotopic (exact) mass is 268 g/mol. The number of carbonyl (C=O) groups is 1. The second kappa shape index (κ2) is 6.07. The number of nitrogens with zero attached hydrogens (tertiary/aromatic N) is 1. The highest BCUT2D eigenvalue weighted by Crippen LogP contribution is 2.23. The van der Waals surface area contributed by atoms with Gasteiger partial charge < -0.3 is 15.0 Å². The van der Waals surface area contributed by atoms with Gasteiger partial charge in [-0.1, -0.05) is 23.7 Å². The Balaban J connectivity index is 1.90. The molecule has 0 radical (unpaired) electrons. The molecule has 1 amide bonds. The van der Waals surface area contributed by atoms with Crippen LogP contribution in [0.5, 0.6) is 5.75 Å². The number of nitrogens with one attached hydrogen (secondary N) is 1. The van der Waals surface area contributed by atoms with Crippen LogP contribution in [0, 0.1) is 0 Å². The van der Waals surface area contributed by atoms with Crippen LogP contribution in [0.1, 0.15) is 6.92 Å². The Morgan fingerprint density at radius 1 is 1.56 bits per heavy atom. The number of hydrogen-bond donors (Lipinski definition) is 1. The van der Waals surface area contributed by atoms with Gasteiger partial charge in [0.05, 0.1) is 5.02 Å². The third-order valence-electron chi connectivity index (χ3n) is 3.01. The van der Waals surface area contributed by atoms with E-state index in [0.29, 0.717) is 10.8 Å². The lowest BCUT2D eigenvalue weighted by molar-refractivity contribution is -0.136. The van der Waals surface area contributed by atoms with Crippen LogP contribution < -0.4 is 10.1 Å². The minimum Gasteiger partial charge on any atom is -0.482 e. The second-order valence-electron chi connectivity index (χ2n) is 4.36. The van der Waals surface area contributed by atoms with Crippen molar-refractivity contribution >= 4 is 17.5 Å². The average molecular weight is 269 g/mol. The summed E-state index contributed by atoms with van der Waals surface area (Å²) in [6.07, 6.45) is 0. The molecular formula is C13H17ClN2O2. The molecule has 1 N–H and O–H groups in total. The zero-order valence-corrected chi connectivity index (χ0v) is 11.1. The fourth-order valence-electron chi connectivity index (χ4n) is 2.00. The van der Waals surface area contributed by atoms with Crippen LogP contribution in [0.3, 0.4) is 0 Å². The summed E-state index contributed by atoms with van der Waals surface area (Å²) in [6, 6.07) is 7.38. The Hall–Kier alpha value is -1.26. The van der Waals surface area contributed by atoms with Gasteiger partial charge in [0.15, 0.2) is 6.61 Å². The van der Waals surface area contributed by atoms with Crippen LogP contribution in [0.2, 0.25) is 5.02 Å². The number of ether oxygens (including phenoxy) is 1. The molecular weight excluding hydrogens is 252 g/mol. The summed E-state index contributed by atoms with van der Waals surface area (Å²) in [5.41, 5.74) is 0. The van der Waals surface area contributed by atoms with Gasteiger partial charge in [-0.3, -0.25) is 4.79 Å². The summed E-state index contributed by atoms with van der Waals surface area (Å²) in [6.45, 7) is 4.46. The first-order valence-corrected chi connectivity index (χ1v) is 6.44. The minimum absolute atomic E-state index is 0.00363. The fourth-order valence-corrected chi connectivity index (χ4v) is 2.19. The number of benzene rings is 1. The topological polar surface area (TPSA) is 41.6 Å². The van der Waals surface area contributed by atoms with E-state index >= 15 is 0 Å². The van der Waals surface area contributed by atoms with Crippen molar-refractivity contribution in [2.24, 2.45) is 0 Å². The van der Waals surface area contributed by atoms with Gasteiger partial charge >= 0.3 is 0 Å². The van der Waals surface area contributed by atoms with Crippen molar-refractivity contribution in [1.29, 1.82) is 0 Å². The summed E-state index contributed by atoms with van der Waals surface area (Å²) >= 11 is 5.96. The lowest BCUT2D eigenvalue weighted by Crippen LogP contribution is -2.53. The number of piperazine rings is 1. The molecule has 0 unspecified atom stereocenters. The maximum absolute atomic E-state index is 12.0. The molecule has 0 aromatic heterocycles. The second-order valence-corrected chi connectivity index (χ2v) is 4.77. The molecule has 0 spiro atoms. The highest BCUT2D eigenvalue weighted by Gasteiger charge is 2.23. The van der Waals surface area contributed by atoms with Crippen LogP contribution in [0.4, 0.5) is 0 Å². The van der Waals surface area contributed by atoms with Gasteiger partial charge in [0.2, 0.25) is 0 Å². The Kier molecular flexibility index (Phi) is 4.44. The van der Waals surface area contributed by atoms with E-state index in [-0.39, 0.29) is 18.6 Å². The van der Waals surface area contributed by atoms with Gasteiger partial charge in [0, 0.05) is 25.7 Å². The highest BCUT2D eigenvalue weighted by molar-refractivity contribution is 6.32. The molecule has 1 aromatic rings. The van der Waals surface area contributed by atoms with Crippen LogP contribution >= 0.6 is 11.6 Å². The molecule has 1 aliphatic heterocycles. The van der Waals surface area contributed by atoms with E-state index in [1.165, 1.54) is 0 Å². The average Bonchev–Trinajstić information content (AvgIpc) is 2.38. The molecule has 1 aromatic carbocycles. The van der Waals surface area contributed by atoms with Crippen molar-refractivity contribution in [1.82, 2.24) is 10.2 Å². The van der Waals surface area contributed by atoms with Crippen molar-refractivity contribution in [2.45, 2.75) is 13.0 Å². The molecule has 98 valence electrons. The zero-order chi connectivity index (χ0) is 13.0. The molecule has 18 heavy (non-hydrogen) atoms. The SMILES string of the molecule is C[C@@H]1CNCCN1C(=O)COc1ccccc1Cl. The van der Waals surface area contributed by atoms with Gasteiger partial charge in [-0.05, 0) is 19.1 Å². The maximum atomic E-state index is 12.0. The number of rotatable bonds is 3.